The molecule has 0 fully saturated rings. The van der Waals surface area contributed by atoms with Crippen molar-refractivity contribution in [2.75, 3.05) is 0 Å². The zero-order valence-corrected chi connectivity index (χ0v) is 16.1. The van der Waals surface area contributed by atoms with Crippen molar-refractivity contribution in [2.24, 2.45) is 5.92 Å². The Morgan fingerprint density at radius 3 is 2.29 bits per heavy atom. The Morgan fingerprint density at radius 1 is 0.893 bits per heavy atom. The van der Waals surface area contributed by atoms with E-state index in [0.29, 0.717) is 23.2 Å². The molecule has 4 heteroatoms. The molecule has 2 aromatic carbocycles. The Bertz CT molecular complexity index is 1050. The normalized spacial score (nSPS) is 11.8. The summed E-state index contributed by atoms with van der Waals surface area (Å²) in [5.74, 6) is -0.131. The fourth-order valence-corrected chi connectivity index (χ4v) is 3.00. The van der Waals surface area contributed by atoms with Gasteiger partial charge in [-0.1, -0.05) is 62.4 Å². The second-order valence-electron chi connectivity index (χ2n) is 6.95. The van der Waals surface area contributed by atoms with Crippen molar-refractivity contribution in [3.8, 4) is 0 Å². The van der Waals surface area contributed by atoms with E-state index < -0.39 is 0 Å². The van der Waals surface area contributed by atoms with Crippen LogP contribution < -0.4 is 5.56 Å². The average molecular weight is 373 g/mol. The van der Waals surface area contributed by atoms with E-state index >= 15 is 0 Å². The predicted molar refractivity (Wildman–Crippen MR) is 110 cm³/mol. The molecule has 3 rings (SSSR count). The summed E-state index contributed by atoms with van der Waals surface area (Å²) in [6, 6.07) is 19.2. The van der Waals surface area contributed by atoms with Crippen LogP contribution in [0.3, 0.4) is 0 Å². The lowest BCUT2D eigenvalue weighted by Crippen LogP contribution is -2.18. The molecule has 1 heterocycles. The summed E-state index contributed by atoms with van der Waals surface area (Å²) >= 11 is 0. The maximum absolute atomic E-state index is 12.8. The van der Waals surface area contributed by atoms with Gasteiger partial charge in [0, 0.05) is 34.9 Å². The van der Waals surface area contributed by atoms with Gasteiger partial charge in [0.2, 0.25) is 0 Å². The predicted octanol–water partition coefficient (Wildman–Crippen LogP) is 4.36. The molecule has 0 spiro atoms. The van der Waals surface area contributed by atoms with Crippen LogP contribution in [0.25, 0.3) is 0 Å². The molecule has 0 radical (unpaired) electrons. The van der Waals surface area contributed by atoms with Crippen molar-refractivity contribution >= 4 is 11.6 Å². The highest BCUT2D eigenvalue weighted by Crippen LogP contribution is 2.17. The molecular weight excluding hydrogens is 350 g/mol. The van der Waals surface area contributed by atoms with Gasteiger partial charge in [-0.2, -0.15) is 0 Å². The van der Waals surface area contributed by atoms with Gasteiger partial charge >= 0.3 is 0 Å². The van der Waals surface area contributed by atoms with Crippen molar-refractivity contribution in [3.63, 3.8) is 0 Å². The van der Waals surface area contributed by atoms with Gasteiger partial charge in [-0.3, -0.25) is 14.4 Å². The van der Waals surface area contributed by atoms with Crippen LogP contribution in [0.4, 0.5) is 0 Å². The molecule has 1 atom stereocenters. The summed E-state index contributed by atoms with van der Waals surface area (Å²) in [5.41, 5.74) is 2.50. The Labute approximate surface area is 164 Å². The molecular formula is C24H23NO3. The molecule has 28 heavy (non-hydrogen) atoms. The van der Waals surface area contributed by atoms with Crippen LogP contribution in [0.1, 0.15) is 52.1 Å². The monoisotopic (exact) mass is 373 g/mol. The van der Waals surface area contributed by atoms with Gasteiger partial charge < -0.3 is 4.57 Å². The molecule has 0 saturated heterocycles. The van der Waals surface area contributed by atoms with Crippen LogP contribution in [0.5, 0.6) is 0 Å². The molecule has 0 aliphatic rings. The SMILES string of the molecule is CCC(C)C(=O)c1cccc(C(=O)c2ccc(Cn3ccccc3=O)cc2)c1. The average Bonchev–Trinajstić information content (AvgIpc) is 2.74. The van der Waals surface area contributed by atoms with Crippen molar-refractivity contribution < 1.29 is 9.59 Å². The first-order valence-corrected chi connectivity index (χ1v) is 9.43. The lowest BCUT2D eigenvalue weighted by molar-refractivity contribution is 0.0927. The molecule has 0 amide bonds. The van der Waals surface area contributed by atoms with Gasteiger partial charge in [-0.25, -0.2) is 0 Å². The zero-order chi connectivity index (χ0) is 20.1. The van der Waals surface area contributed by atoms with E-state index in [9.17, 15) is 14.4 Å². The molecule has 0 aliphatic carbocycles. The number of benzene rings is 2. The summed E-state index contributed by atoms with van der Waals surface area (Å²) < 4.78 is 1.61. The first kappa shape index (κ1) is 19.5. The Morgan fingerprint density at radius 2 is 1.61 bits per heavy atom. The third-order valence-corrected chi connectivity index (χ3v) is 4.94. The second kappa shape index (κ2) is 8.61. The van der Waals surface area contributed by atoms with Crippen LogP contribution >= 0.6 is 0 Å². The lowest BCUT2D eigenvalue weighted by Gasteiger charge is -2.09. The number of ketones is 2. The van der Waals surface area contributed by atoms with Crippen molar-refractivity contribution in [3.05, 3.63) is 106 Å². The third-order valence-electron chi connectivity index (χ3n) is 4.94. The minimum absolute atomic E-state index is 0.0563. The van der Waals surface area contributed by atoms with E-state index in [4.69, 9.17) is 0 Å². The summed E-state index contributed by atoms with van der Waals surface area (Å²) in [7, 11) is 0. The molecule has 3 aromatic rings. The molecule has 4 nitrogen and oxygen atoms in total. The highest BCUT2D eigenvalue weighted by molar-refractivity contribution is 6.10. The molecule has 0 bridgehead atoms. The highest BCUT2D eigenvalue weighted by Gasteiger charge is 2.16. The van der Waals surface area contributed by atoms with Gasteiger partial charge in [0.1, 0.15) is 0 Å². The summed E-state index contributed by atoms with van der Waals surface area (Å²) in [6.45, 7) is 4.32. The maximum atomic E-state index is 12.8. The van der Waals surface area contributed by atoms with Crippen LogP contribution in [0.15, 0.2) is 77.7 Å². The molecule has 1 unspecified atom stereocenters. The van der Waals surface area contributed by atoms with Crippen LogP contribution in [-0.2, 0) is 6.54 Å². The highest BCUT2D eigenvalue weighted by atomic mass is 16.1. The summed E-state index contributed by atoms with van der Waals surface area (Å²) in [6.07, 6.45) is 2.50. The van der Waals surface area contributed by atoms with Crippen molar-refractivity contribution in [2.45, 2.75) is 26.8 Å². The summed E-state index contributed by atoms with van der Waals surface area (Å²) in [5, 5.41) is 0. The van der Waals surface area contributed by atoms with Crippen molar-refractivity contribution in [1.29, 1.82) is 0 Å². The van der Waals surface area contributed by atoms with Gasteiger partial charge in [0.05, 0.1) is 6.54 Å². The number of aromatic nitrogens is 1. The van der Waals surface area contributed by atoms with E-state index in [2.05, 4.69) is 0 Å². The van der Waals surface area contributed by atoms with Gasteiger partial charge in [-0.15, -0.1) is 0 Å². The van der Waals surface area contributed by atoms with Gasteiger partial charge in [0.25, 0.3) is 5.56 Å². The van der Waals surface area contributed by atoms with Gasteiger partial charge in [-0.05, 0) is 24.1 Å². The number of carbonyl (C=O) groups excluding carboxylic acids is 2. The number of hydrogen-bond donors (Lipinski definition) is 0. The molecule has 1 aromatic heterocycles. The summed E-state index contributed by atoms with van der Waals surface area (Å²) in [4.78, 5) is 37.0. The number of hydrogen-bond acceptors (Lipinski definition) is 3. The molecule has 0 saturated carbocycles. The Kier molecular flexibility index (Phi) is 5.99. The smallest absolute Gasteiger partial charge is 0.250 e. The third kappa shape index (κ3) is 4.34. The molecule has 0 aliphatic heterocycles. The van der Waals surface area contributed by atoms with E-state index in [1.54, 1.807) is 53.2 Å². The Hall–Kier alpha value is -3.27. The quantitative estimate of drug-likeness (QED) is 0.578. The fraction of sp³-hybridized carbons (Fsp3) is 0.208. The zero-order valence-electron chi connectivity index (χ0n) is 16.1. The van der Waals surface area contributed by atoms with E-state index in [1.807, 2.05) is 32.0 Å². The Balaban J connectivity index is 1.79. The first-order valence-electron chi connectivity index (χ1n) is 9.43. The molecule has 142 valence electrons. The molecule has 0 N–H and O–H groups in total. The minimum atomic E-state index is -0.123. The van der Waals surface area contributed by atoms with E-state index in [1.165, 1.54) is 6.07 Å². The minimum Gasteiger partial charge on any atom is -0.311 e. The largest absolute Gasteiger partial charge is 0.311 e. The van der Waals surface area contributed by atoms with Gasteiger partial charge in [0.15, 0.2) is 11.6 Å². The fourth-order valence-electron chi connectivity index (χ4n) is 3.00. The number of rotatable bonds is 7. The number of nitrogens with zero attached hydrogens (tertiary/aromatic N) is 1. The lowest BCUT2D eigenvalue weighted by atomic mass is 9.94. The maximum Gasteiger partial charge on any atom is 0.250 e. The number of Topliss-reactive ketones (excluding diaryl/α,β-unsaturated/α-hetero) is 1. The van der Waals surface area contributed by atoms with Crippen molar-refractivity contribution in [1.82, 2.24) is 4.57 Å². The first-order chi connectivity index (χ1) is 13.5. The number of pyridine rings is 1. The van der Waals surface area contributed by atoms with E-state index in [-0.39, 0.29) is 23.0 Å². The van der Waals surface area contributed by atoms with E-state index in [0.717, 1.165) is 12.0 Å². The topological polar surface area (TPSA) is 56.1 Å². The number of carbonyl (C=O) groups is 2. The van der Waals surface area contributed by atoms with Crippen LogP contribution in [-0.4, -0.2) is 16.1 Å². The van der Waals surface area contributed by atoms with Crippen LogP contribution in [0.2, 0.25) is 0 Å². The second-order valence-corrected chi connectivity index (χ2v) is 6.95. The van der Waals surface area contributed by atoms with Crippen LogP contribution in [0, 0.1) is 5.92 Å². The standard InChI is InChI=1S/C24H23NO3/c1-3-17(2)23(27)20-7-6-8-21(15-20)24(28)19-12-10-18(11-13-19)16-25-14-5-4-9-22(25)26/h4-15,17H,3,16H2,1-2H3.